The van der Waals surface area contributed by atoms with Gasteiger partial charge in [-0.3, -0.25) is 4.79 Å². The zero-order valence-electron chi connectivity index (χ0n) is 19.4. The van der Waals surface area contributed by atoms with Gasteiger partial charge in [-0.2, -0.15) is 5.10 Å². The molecular formula is C28H29N3O2. The SMILES string of the molecule is COc1ccc(-n2nc(C(C)(C)C)cc2NC(=O)C(c2ccccc2)c2ccccc2)cc1. The number of amides is 1. The number of aromatic nitrogens is 2. The molecule has 168 valence electrons. The number of hydrogen-bond acceptors (Lipinski definition) is 3. The second-order valence-corrected chi connectivity index (χ2v) is 9.02. The largest absolute Gasteiger partial charge is 0.497 e. The summed E-state index contributed by atoms with van der Waals surface area (Å²) in [4.78, 5) is 13.7. The lowest BCUT2D eigenvalue weighted by Crippen LogP contribution is -2.23. The molecule has 0 atom stereocenters. The van der Waals surface area contributed by atoms with Gasteiger partial charge in [0.1, 0.15) is 11.6 Å². The van der Waals surface area contributed by atoms with E-state index in [1.807, 2.05) is 91.0 Å². The first kappa shape index (κ1) is 22.3. The summed E-state index contributed by atoms with van der Waals surface area (Å²) in [5.74, 6) is 0.847. The minimum absolute atomic E-state index is 0.109. The smallest absolute Gasteiger partial charge is 0.237 e. The molecule has 1 amide bonds. The molecular weight excluding hydrogens is 410 g/mol. The summed E-state index contributed by atoms with van der Waals surface area (Å²) in [5.41, 5.74) is 3.44. The number of nitrogens with one attached hydrogen (secondary N) is 1. The molecule has 1 aromatic heterocycles. The number of ether oxygens (including phenoxy) is 1. The molecule has 5 heteroatoms. The Kier molecular flexibility index (Phi) is 6.31. The summed E-state index contributed by atoms with van der Waals surface area (Å²) in [5, 5.41) is 7.98. The lowest BCUT2D eigenvalue weighted by Gasteiger charge is -2.18. The van der Waals surface area contributed by atoms with Gasteiger partial charge in [-0.05, 0) is 35.4 Å². The Labute approximate surface area is 195 Å². The minimum Gasteiger partial charge on any atom is -0.497 e. The fourth-order valence-corrected chi connectivity index (χ4v) is 3.74. The summed E-state index contributed by atoms with van der Waals surface area (Å²) in [6.07, 6.45) is 0. The Morgan fingerprint density at radius 3 is 1.91 bits per heavy atom. The molecule has 4 rings (SSSR count). The Morgan fingerprint density at radius 1 is 0.879 bits per heavy atom. The van der Waals surface area contributed by atoms with E-state index in [9.17, 15) is 4.79 Å². The molecule has 0 saturated carbocycles. The van der Waals surface area contributed by atoms with Gasteiger partial charge in [-0.15, -0.1) is 0 Å². The van der Waals surface area contributed by atoms with Crippen LogP contribution in [-0.4, -0.2) is 22.8 Å². The van der Waals surface area contributed by atoms with Crippen molar-refractivity contribution in [3.8, 4) is 11.4 Å². The molecule has 0 aliphatic carbocycles. The summed E-state index contributed by atoms with van der Waals surface area (Å²) in [7, 11) is 1.64. The van der Waals surface area contributed by atoms with Gasteiger partial charge in [0.05, 0.1) is 24.4 Å². The fraction of sp³-hybridized carbons (Fsp3) is 0.214. The van der Waals surface area contributed by atoms with Gasteiger partial charge < -0.3 is 10.1 Å². The third-order valence-corrected chi connectivity index (χ3v) is 5.57. The maximum atomic E-state index is 13.7. The molecule has 33 heavy (non-hydrogen) atoms. The van der Waals surface area contributed by atoms with E-state index in [1.165, 1.54) is 0 Å². The van der Waals surface area contributed by atoms with Gasteiger partial charge in [-0.25, -0.2) is 4.68 Å². The normalized spacial score (nSPS) is 11.4. The standard InChI is InChI=1S/C28H29N3O2/c1-28(2,3)24-19-25(31(30-24)22-15-17-23(33-4)18-16-22)29-27(32)26(20-11-7-5-8-12-20)21-13-9-6-10-14-21/h5-19,26H,1-4H3,(H,29,32). The zero-order chi connectivity index (χ0) is 23.4. The van der Waals surface area contributed by atoms with Gasteiger partial charge in [0.25, 0.3) is 0 Å². The average molecular weight is 440 g/mol. The molecule has 0 bridgehead atoms. The van der Waals surface area contributed by atoms with Gasteiger partial charge in [0, 0.05) is 11.5 Å². The van der Waals surface area contributed by atoms with Crippen LogP contribution in [0.2, 0.25) is 0 Å². The second-order valence-electron chi connectivity index (χ2n) is 9.02. The predicted octanol–water partition coefficient (Wildman–Crippen LogP) is 5.95. The first-order chi connectivity index (χ1) is 15.9. The number of carbonyl (C=O) groups is 1. The van der Waals surface area contributed by atoms with Gasteiger partial charge >= 0.3 is 0 Å². The second kappa shape index (κ2) is 9.33. The van der Waals surface area contributed by atoms with Crippen LogP contribution in [0.15, 0.2) is 91.0 Å². The van der Waals surface area contributed by atoms with Crippen LogP contribution in [0.25, 0.3) is 5.69 Å². The van der Waals surface area contributed by atoms with Crippen molar-refractivity contribution >= 4 is 11.7 Å². The van der Waals surface area contributed by atoms with E-state index in [0.717, 1.165) is 28.3 Å². The molecule has 0 saturated heterocycles. The van der Waals surface area contributed by atoms with E-state index in [-0.39, 0.29) is 11.3 Å². The highest BCUT2D eigenvalue weighted by Gasteiger charge is 2.26. The number of methoxy groups -OCH3 is 1. The minimum atomic E-state index is -0.440. The summed E-state index contributed by atoms with van der Waals surface area (Å²) < 4.78 is 7.07. The van der Waals surface area contributed by atoms with Crippen LogP contribution in [0.4, 0.5) is 5.82 Å². The van der Waals surface area contributed by atoms with Crippen LogP contribution in [0.5, 0.6) is 5.75 Å². The fourth-order valence-electron chi connectivity index (χ4n) is 3.74. The lowest BCUT2D eigenvalue weighted by molar-refractivity contribution is -0.116. The lowest BCUT2D eigenvalue weighted by atomic mass is 9.90. The Morgan fingerprint density at radius 2 is 1.42 bits per heavy atom. The number of nitrogens with zero attached hydrogens (tertiary/aromatic N) is 2. The van der Waals surface area contributed by atoms with E-state index < -0.39 is 5.92 Å². The summed E-state index contributed by atoms with van der Waals surface area (Å²) >= 11 is 0. The van der Waals surface area contributed by atoms with Crippen LogP contribution >= 0.6 is 0 Å². The molecule has 0 aliphatic rings. The molecule has 0 radical (unpaired) electrons. The number of anilines is 1. The number of benzene rings is 3. The van der Waals surface area contributed by atoms with Crippen LogP contribution < -0.4 is 10.1 Å². The third kappa shape index (κ3) is 4.98. The van der Waals surface area contributed by atoms with E-state index >= 15 is 0 Å². The number of hydrogen-bond donors (Lipinski definition) is 1. The van der Waals surface area contributed by atoms with Crippen molar-refractivity contribution in [3.05, 3.63) is 108 Å². The van der Waals surface area contributed by atoms with Crippen LogP contribution in [0, 0.1) is 0 Å². The van der Waals surface area contributed by atoms with Crippen molar-refractivity contribution in [2.75, 3.05) is 12.4 Å². The van der Waals surface area contributed by atoms with Crippen LogP contribution in [-0.2, 0) is 10.2 Å². The van der Waals surface area contributed by atoms with Crippen LogP contribution in [0.1, 0.15) is 43.5 Å². The van der Waals surface area contributed by atoms with E-state index in [2.05, 4.69) is 26.1 Å². The van der Waals surface area contributed by atoms with Crippen molar-refractivity contribution in [1.29, 1.82) is 0 Å². The molecule has 1 N–H and O–H groups in total. The van der Waals surface area contributed by atoms with Crippen molar-refractivity contribution < 1.29 is 9.53 Å². The van der Waals surface area contributed by atoms with E-state index in [0.29, 0.717) is 5.82 Å². The quantitative estimate of drug-likeness (QED) is 0.404. The number of rotatable bonds is 6. The van der Waals surface area contributed by atoms with Crippen LogP contribution in [0.3, 0.4) is 0 Å². The van der Waals surface area contributed by atoms with E-state index in [1.54, 1.807) is 11.8 Å². The van der Waals surface area contributed by atoms with Crippen molar-refractivity contribution in [1.82, 2.24) is 9.78 Å². The Balaban J connectivity index is 1.74. The summed E-state index contributed by atoms with van der Waals surface area (Å²) in [6.45, 7) is 6.32. The highest BCUT2D eigenvalue weighted by atomic mass is 16.5. The van der Waals surface area contributed by atoms with Crippen molar-refractivity contribution in [2.45, 2.75) is 32.1 Å². The molecule has 1 heterocycles. The van der Waals surface area contributed by atoms with Gasteiger partial charge in [0.2, 0.25) is 5.91 Å². The molecule has 0 spiro atoms. The third-order valence-electron chi connectivity index (χ3n) is 5.57. The highest BCUT2D eigenvalue weighted by molar-refractivity contribution is 5.97. The maximum absolute atomic E-state index is 13.7. The maximum Gasteiger partial charge on any atom is 0.237 e. The molecule has 3 aromatic carbocycles. The topological polar surface area (TPSA) is 56.1 Å². The average Bonchev–Trinajstić information content (AvgIpc) is 3.25. The van der Waals surface area contributed by atoms with Crippen molar-refractivity contribution in [2.24, 2.45) is 0 Å². The number of carbonyl (C=O) groups excluding carboxylic acids is 1. The van der Waals surface area contributed by atoms with Gasteiger partial charge in [0.15, 0.2) is 0 Å². The first-order valence-electron chi connectivity index (χ1n) is 11.0. The van der Waals surface area contributed by atoms with Gasteiger partial charge in [-0.1, -0.05) is 81.4 Å². The monoisotopic (exact) mass is 439 g/mol. The molecule has 0 fully saturated rings. The Bertz CT molecular complexity index is 1170. The molecule has 4 aromatic rings. The highest BCUT2D eigenvalue weighted by Crippen LogP contribution is 2.30. The molecule has 0 aliphatic heterocycles. The molecule has 5 nitrogen and oxygen atoms in total. The Hall–Kier alpha value is -3.86. The van der Waals surface area contributed by atoms with Crippen molar-refractivity contribution in [3.63, 3.8) is 0 Å². The van der Waals surface area contributed by atoms with E-state index in [4.69, 9.17) is 9.84 Å². The first-order valence-corrected chi connectivity index (χ1v) is 11.0. The summed E-state index contributed by atoms with van der Waals surface area (Å²) in [6, 6.07) is 29.3. The molecule has 0 unspecified atom stereocenters. The predicted molar refractivity (Wildman–Crippen MR) is 132 cm³/mol. The zero-order valence-corrected chi connectivity index (χ0v) is 19.4.